The average Bonchev–Trinajstić information content (AvgIpc) is 2.91. The molecule has 0 aromatic carbocycles. The summed E-state index contributed by atoms with van der Waals surface area (Å²) in [5, 5.41) is 11.8. The zero-order valence-corrected chi connectivity index (χ0v) is 19.5. The minimum absolute atomic E-state index is 0.0610. The maximum Gasteiger partial charge on any atom is 0.190 e. The van der Waals surface area contributed by atoms with Crippen LogP contribution in [0.4, 0.5) is 0 Å². The van der Waals surface area contributed by atoms with Crippen molar-refractivity contribution >= 4 is 11.6 Å². The Balaban J connectivity index is 1.86. The molecule has 3 saturated carbocycles. The second-order valence-electron chi connectivity index (χ2n) is 11.2. The molecule has 0 bridgehead atoms. The molecule has 0 radical (unpaired) electrons. The van der Waals surface area contributed by atoms with E-state index in [-0.39, 0.29) is 40.5 Å². The second-order valence-corrected chi connectivity index (χ2v) is 11.2. The summed E-state index contributed by atoms with van der Waals surface area (Å²) in [6.07, 6.45) is 7.05. The fraction of sp³-hybridized carbons (Fsp3) is 0.840. The van der Waals surface area contributed by atoms with Gasteiger partial charge in [0.25, 0.3) is 0 Å². The van der Waals surface area contributed by atoms with E-state index < -0.39 is 11.0 Å². The molecule has 168 valence electrons. The van der Waals surface area contributed by atoms with Gasteiger partial charge in [-0.05, 0) is 61.3 Å². The monoisotopic (exact) mass is 418 g/mol. The van der Waals surface area contributed by atoms with Crippen LogP contribution in [0.25, 0.3) is 0 Å². The molecule has 7 unspecified atom stereocenters. The molecular weight excluding hydrogens is 380 g/mol. The highest BCUT2D eigenvalue weighted by atomic mass is 16.5. The molecule has 4 aliphatic rings. The standard InChI is InChI=1S/C25H38O5/c1-21-10-9-17(26)13-16(21)7-8-18-22(2)11-12-25(28,19(27)15-29-5)23(22,3)14-20(30-6)24(18,21)4/h13,18,20,28H,7-12,14-15H2,1-6H3. The third kappa shape index (κ3) is 2.35. The lowest BCUT2D eigenvalue weighted by molar-refractivity contribution is -0.250. The van der Waals surface area contributed by atoms with Crippen molar-refractivity contribution in [2.45, 2.75) is 84.3 Å². The number of hydrogen-bond acceptors (Lipinski definition) is 5. The lowest BCUT2D eigenvalue weighted by atomic mass is 9.35. The van der Waals surface area contributed by atoms with Gasteiger partial charge in [0, 0.05) is 31.5 Å². The van der Waals surface area contributed by atoms with Crippen LogP contribution < -0.4 is 0 Å². The summed E-state index contributed by atoms with van der Waals surface area (Å²) in [6.45, 7) is 9.03. The van der Waals surface area contributed by atoms with Crippen LogP contribution in [0.5, 0.6) is 0 Å². The van der Waals surface area contributed by atoms with E-state index in [2.05, 4.69) is 27.7 Å². The first-order valence-electron chi connectivity index (χ1n) is 11.5. The van der Waals surface area contributed by atoms with Crippen LogP contribution in [-0.2, 0) is 19.1 Å². The fourth-order valence-corrected chi connectivity index (χ4v) is 8.50. The predicted octanol–water partition coefficient (Wildman–Crippen LogP) is 3.87. The van der Waals surface area contributed by atoms with E-state index in [0.717, 1.165) is 25.7 Å². The summed E-state index contributed by atoms with van der Waals surface area (Å²) in [6, 6.07) is 0. The van der Waals surface area contributed by atoms with Crippen LogP contribution in [0.15, 0.2) is 11.6 Å². The van der Waals surface area contributed by atoms with Crippen molar-refractivity contribution in [3.8, 4) is 0 Å². The zero-order valence-electron chi connectivity index (χ0n) is 19.5. The molecule has 0 aromatic heterocycles. The summed E-state index contributed by atoms with van der Waals surface area (Å²) in [5.41, 5.74) is -1.15. The Hall–Kier alpha value is -1.04. The Morgan fingerprint density at radius 2 is 1.83 bits per heavy atom. The molecule has 30 heavy (non-hydrogen) atoms. The van der Waals surface area contributed by atoms with Crippen LogP contribution in [0, 0.1) is 27.6 Å². The number of ketones is 2. The van der Waals surface area contributed by atoms with E-state index in [1.165, 1.54) is 12.7 Å². The Morgan fingerprint density at radius 3 is 2.47 bits per heavy atom. The fourth-order valence-electron chi connectivity index (χ4n) is 8.50. The van der Waals surface area contributed by atoms with E-state index in [1.54, 1.807) is 7.11 Å². The first-order valence-corrected chi connectivity index (χ1v) is 11.5. The van der Waals surface area contributed by atoms with Crippen LogP contribution in [0.1, 0.15) is 72.6 Å². The molecule has 0 amide bonds. The van der Waals surface area contributed by atoms with Gasteiger partial charge in [0.1, 0.15) is 12.2 Å². The highest BCUT2D eigenvalue weighted by molar-refractivity contribution is 5.92. The Kier molecular flexibility index (Phi) is 4.97. The van der Waals surface area contributed by atoms with Gasteiger partial charge in [-0.25, -0.2) is 0 Å². The van der Waals surface area contributed by atoms with Gasteiger partial charge in [-0.3, -0.25) is 9.59 Å². The Labute approximate surface area is 180 Å². The first-order chi connectivity index (χ1) is 13.9. The molecule has 5 heteroatoms. The Morgan fingerprint density at radius 1 is 1.13 bits per heavy atom. The molecule has 3 fully saturated rings. The lowest BCUT2D eigenvalue weighted by Crippen LogP contribution is -2.70. The molecule has 7 atom stereocenters. The third-order valence-electron chi connectivity index (χ3n) is 10.8. The number of Topliss-reactive ketones (excluding diaryl/α,β-unsaturated/α-hetero) is 1. The van der Waals surface area contributed by atoms with Crippen molar-refractivity contribution in [3.05, 3.63) is 11.6 Å². The van der Waals surface area contributed by atoms with E-state index in [9.17, 15) is 14.7 Å². The number of methoxy groups -OCH3 is 2. The molecular formula is C25H38O5. The smallest absolute Gasteiger partial charge is 0.190 e. The van der Waals surface area contributed by atoms with Gasteiger partial charge in [-0.1, -0.05) is 33.3 Å². The average molecular weight is 419 g/mol. The molecule has 0 aliphatic heterocycles. The number of allylic oxidation sites excluding steroid dienone is 1. The number of hydrogen-bond donors (Lipinski definition) is 1. The van der Waals surface area contributed by atoms with Crippen LogP contribution >= 0.6 is 0 Å². The molecule has 0 saturated heterocycles. The van der Waals surface area contributed by atoms with E-state index >= 15 is 0 Å². The molecule has 0 heterocycles. The van der Waals surface area contributed by atoms with Crippen molar-refractivity contribution in [1.82, 2.24) is 0 Å². The minimum Gasteiger partial charge on any atom is -0.381 e. The van der Waals surface area contributed by atoms with Gasteiger partial charge in [0.2, 0.25) is 0 Å². The number of ether oxygens (including phenoxy) is 2. The summed E-state index contributed by atoms with van der Waals surface area (Å²) in [5.74, 6) is 0.333. The first kappa shape index (κ1) is 22.2. The largest absolute Gasteiger partial charge is 0.381 e. The SMILES string of the molecule is COCC(=O)C1(O)CCC2(C)C3CCC4=CC(=O)CCC4(C)C3(C)C(OC)CC12C. The normalized spacial score (nSPS) is 50.4. The van der Waals surface area contributed by atoms with Crippen molar-refractivity contribution < 1.29 is 24.2 Å². The van der Waals surface area contributed by atoms with Gasteiger partial charge >= 0.3 is 0 Å². The predicted molar refractivity (Wildman–Crippen MR) is 114 cm³/mol. The molecule has 0 spiro atoms. The van der Waals surface area contributed by atoms with Gasteiger partial charge in [-0.15, -0.1) is 0 Å². The number of rotatable bonds is 4. The number of fused-ring (bicyclic) bond motifs is 5. The summed E-state index contributed by atoms with van der Waals surface area (Å²) < 4.78 is 11.3. The zero-order chi connectivity index (χ0) is 22.2. The molecule has 0 aromatic rings. The van der Waals surface area contributed by atoms with Crippen molar-refractivity contribution in [2.24, 2.45) is 27.6 Å². The molecule has 5 nitrogen and oxygen atoms in total. The van der Waals surface area contributed by atoms with Gasteiger partial charge in [0.05, 0.1) is 6.10 Å². The van der Waals surface area contributed by atoms with E-state index in [4.69, 9.17) is 9.47 Å². The van der Waals surface area contributed by atoms with Crippen molar-refractivity contribution in [3.63, 3.8) is 0 Å². The van der Waals surface area contributed by atoms with E-state index in [0.29, 0.717) is 25.2 Å². The van der Waals surface area contributed by atoms with Crippen LogP contribution in [0.2, 0.25) is 0 Å². The van der Waals surface area contributed by atoms with Gasteiger partial charge < -0.3 is 14.6 Å². The third-order valence-corrected chi connectivity index (χ3v) is 10.8. The highest BCUT2D eigenvalue weighted by Gasteiger charge is 2.76. The molecule has 4 rings (SSSR count). The summed E-state index contributed by atoms with van der Waals surface area (Å²) >= 11 is 0. The lowest BCUT2D eigenvalue weighted by Gasteiger charge is -2.70. The second kappa shape index (κ2) is 6.73. The summed E-state index contributed by atoms with van der Waals surface area (Å²) in [7, 11) is 3.27. The maximum absolute atomic E-state index is 13.1. The quantitative estimate of drug-likeness (QED) is 0.750. The summed E-state index contributed by atoms with van der Waals surface area (Å²) in [4.78, 5) is 25.3. The maximum atomic E-state index is 13.1. The van der Waals surface area contributed by atoms with Crippen molar-refractivity contribution in [2.75, 3.05) is 20.8 Å². The molecule has 4 aliphatic carbocycles. The molecule has 1 N–H and O–H groups in total. The number of carbonyl (C=O) groups is 2. The van der Waals surface area contributed by atoms with E-state index in [1.807, 2.05) is 6.08 Å². The van der Waals surface area contributed by atoms with Crippen molar-refractivity contribution in [1.29, 1.82) is 0 Å². The highest BCUT2D eigenvalue weighted by Crippen LogP contribution is 2.77. The topological polar surface area (TPSA) is 72.8 Å². The van der Waals surface area contributed by atoms with Gasteiger partial charge in [-0.2, -0.15) is 0 Å². The Bertz CT molecular complexity index is 803. The van der Waals surface area contributed by atoms with Gasteiger partial charge in [0.15, 0.2) is 11.6 Å². The number of carbonyl (C=O) groups excluding carboxylic acids is 2. The van der Waals surface area contributed by atoms with Crippen LogP contribution in [-0.4, -0.2) is 49.2 Å². The van der Waals surface area contributed by atoms with Crippen LogP contribution in [0.3, 0.4) is 0 Å². The minimum atomic E-state index is -1.39. The number of aliphatic hydroxyl groups is 1.